The molecule has 2 amide bonds. The van der Waals surface area contributed by atoms with Crippen molar-refractivity contribution in [3.05, 3.63) is 70.2 Å². The number of likely N-dealkylation sites (tertiary alicyclic amines) is 2. The molecule has 2 aromatic rings. The van der Waals surface area contributed by atoms with Crippen LogP contribution in [0.1, 0.15) is 40.2 Å². The van der Waals surface area contributed by atoms with E-state index in [-0.39, 0.29) is 24.9 Å². The molecule has 2 unspecified atom stereocenters. The fourth-order valence-electron chi connectivity index (χ4n) is 4.45. The topological polar surface area (TPSA) is 40.6 Å². The third-order valence-corrected chi connectivity index (χ3v) is 6.33. The van der Waals surface area contributed by atoms with Gasteiger partial charge >= 0.3 is 6.18 Å². The van der Waals surface area contributed by atoms with Gasteiger partial charge in [0.05, 0.1) is 11.5 Å². The summed E-state index contributed by atoms with van der Waals surface area (Å²) >= 11 is 5.90. The van der Waals surface area contributed by atoms with Crippen LogP contribution in [0, 0.1) is 5.92 Å². The lowest BCUT2D eigenvalue weighted by Crippen LogP contribution is -2.37. The molecule has 4 nitrogen and oxygen atoms in total. The summed E-state index contributed by atoms with van der Waals surface area (Å²) in [4.78, 5) is 29.6. The number of hydrogen-bond donors (Lipinski definition) is 0. The van der Waals surface area contributed by atoms with E-state index in [1.54, 1.807) is 40.1 Å². The molecular weight excluding hydrogens is 429 g/mol. The zero-order chi connectivity index (χ0) is 22.2. The van der Waals surface area contributed by atoms with Gasteiger partial charge in [0.1, 0.15) is 0 Å². The maximum absolute atomic E-state index is 13.3. The Morgan fingerprint density at radius 1 is 0.935 bits per heavy atom. The average Bonchev–Trinajstić information content (AvgIpc) is 3.43. The van der Waals surface area contributed by atoms with E-state index in [4.69, 9.17) is 11.6 Å². The summed E-state index contributed by atoms with van der Waals surface area (Å²) in [6.07, 6.45) is -2.64. The molecular formula is C23H22ClF3N2O2. The second-order valence-electron chi connectivity index (χ2n) is 8.09. The van der Waals surface area contributed by atoms with E-state index in [2.05, 4.69) is 0 Å². The van der Waals surface area contributed by atoms with Crippen LogP contribution in [0.5, 0.6) is 0 Å². The fraction of sp³-hybridized carbons (Fsp3) is 0.391. The largest absolute Gasteiger partial charge is 0.416 e. The molecule has 31 heavy (non-hydrogen) atoms. The van der Waals surface area contributed by atoms with Gasteiger partial charge in [-0.3, -0.25) is 9.59 Å². The standard InChI is InChI=1S/C23H22ClF3N2O2/c24-18-8-6-15(7-9-18)21(30)29-13-19(16-4-3-5-17(12-16)23(25,26)27)20(14-29)22(31)28-10-1-2-11-28/h3-9,12,19-20H,1-2,10-11,13-14H2. The van der Waals surface area contributed by atoms with Crippen molar-refractivity contribution in [3.8, 4) is 0 Å². The summed E-state index contributed by atoms with van der Waals surface area (Å²) in [5.74, 6) is -1.42. The van der Waals surface area contributed by atoms with Gasteiger partial charge in [-0.1, -0.05) is 29.8 Å². The second kappa shape index (κ2) is 8.54. The van der Waals surface area contributed by atoms with Crippen molar-refractivity contribution in [2.24, 2.45) is 5.92 Å². The summed E-state index contributed by atoms with van der Waals surface area (Å²) in [6.45, 7) is 1.66. The summed E-state index contributed by atoms with van der Waals surface area (Å²) in [7, 11) is 0. The van der Waals surface area contributed by atoms with Crippen LogP contribution < -0.4 is 0 Å². The normalized spacial score (nSPS) is 21.5. The number of benzene rings is 2. The molecule has 2 fully saturated rings. The smallest absolute Gasteiger partial charge is 0.342 e. The van der Waals surface area contributed by atoms with Gasteiger partial charge in [0.2, 0.25) is 5.91 Å². The Kier molecular flexibility index (Phi) is 5.97. The van der Waals surface area contributed by atoms with E-state index in [1.807, 2.05) is 0 Å². The number of rotatable bonds is 3. The number of amides is 2. The molecule has 4 rings (SSSR count). The highest BCUT2D eigenvalue weighted by atomic mass is 35.5. The predicted molar refractivity (Wildman–Crippen MR) is 111 cm³/mol. The van der Waals surface area contributed by atoms with Crippen LogP contribution in [0.15, 0.2) is 48.5 Å². The van der Waals surface area contributed by atoms with Crippen LogP contribution in [-0.4, -0.2) is 47.8 Å². The SMILES string of the molecule is O=C(c1ccc(Cl)cc1)N1CC(C(=O)N2CCCC2)C(c2cccc(C(F)(F)F)c2)C1. The molecule has 2 atom stereocenters. The van der Waals surface area contributed by atoms with E-state index in [0.29, 0.717) is 29.2 Å². The summed E-state index contributed by atoms with van der Waals surface area (Å²) in [5, 5.41) is 0.502. The lowest BCUT2D eigenvalue weighted by Gasteiger charge is -2.24. The summed E-state index contributed by atoms with van der Waals surface area (Å²) in [6, 6.07) is 11.5. The molecule has 2 heterocycles. The molecule has 0 N–H and O–H groups in total. The van der Waals surface area contributed by atoms with Crippen LogP contribution >= 0.6 is 11.6 Å². The molecule has 0 spiro atoms. The third kappa shape index (κ3) is 4.56. The Labute approximate surface area is 183 Å². The lowest BCUT2D eigenvalue weighted by molar-refractivity contribution is -0.137. The van der Waals surface area contributed by atoms with E-state index in [0.717, 1.165) is 25.0 Å². The number of nitrogens with zero attached hydrogens (tertiary/aromatic N) is 2. The molecule has 0 aromatic heterocycles. The second-order valence-corrected chi connectivity index (χ2v) is 8.52. The fourth-order valence-corrected chi connectivity index (χ4v) is 4.58. The van der Waals surface area contributed by atoms with Crippen molar-refractivity contribution >= 4 is 23.4 Å². The maximum Gasteiger partial charge on any atom is 0.416 e. The molecule has 0 radical (unpaired) electrons. The molecule has 0 saturated carbocycles. The molecule has 2 saturated heterocycles. The number of halogens is 4. The first kappa shape index (κ1) is 21.7. The van der Waals surface area contributed by atoms with Gasteiger partial charge in [-0.15, -0.1) is 0 Å². The quantitative estimate of drug-likeness (QED) is 0.671. The van der Waals surface area contributed by atoms with E-state index < -0.39 is 23.6 Å². The van der Waals surface area contributed by atoms with Crippen LogP contribution in [0.4, 0.5) is 13.2 Å². The molecule has 0 aliphatic carbocycles. The minimum absolute atomic E-state index is 0.0914. The van der Waals surface area contributed by atoms with Crippen molar-refractivity contribution in [2.75, 3.05) is 26.2 Å². The number of alkyl halides is 3. The zero-order valence-electron chi connectivity index (χ0n) is 16.7. The monoisotopic (exact) mass is 450 g/mol. The van der Waals surface area contributed by atoms with Crippen LogP contribution in [-0.2, 0) is 11.0 Å². The molecule has 8 heteroatoms. The van der Waals surface area contributed by atoms with Crippen LogP contribution in [0.3, 0.4) is 0 Å². The van der Waals surface area contributed by atoms with Gasteiger partial charge in [0.25, 0.3) is 5.91 Å². The van der Waals surface area contributed by atoms with Crippen molar-refractivity contribution in [3.63, 3.8) is 0 Å². The van der Waals surface area contributed by atoms with E-state index in [1.165, 1.54) is 6.07 Å². The van der Waals surface area contributed by atoms with Gasteiger partial charge in [-0.25, -0.2) is 0 Å². The Bertz CT molecular complexity index is 972. The van der Waals surface area contributed by atoms with Gasteiger partial charge < -0.3 is 9.80 Å². The minimum atomic E-state index is -4.47. The van der Waals surface area contributed by atoms with Crippen molar-refractivity contribution in [1.29, 1.82) is 0 Å². The zero-order valence-corrected chi connectivity index (χ0v) is 17.5. The first-order valence-corrected chi connectivity index (χ1v) is 10.6. The Balaban J connectivity index is 1.64. The van der Waals surface area contributed by atoms with Crippen molar-refractivity contribution in [1.82, 2.24) is 9.80 Å². The van der Waals surface area contributed by atoms with Gasteiger partial charge in [0, 0.05) is 42.7 Å². The highest BCUT2D eigenvalue weighted by molar-refractivity contribution is 6.30. The van der Waals surface area contributed by atoms with E-state index in [9.17, 15) is 22.8 Å². The Hall–Kier alpha value is -2.54. The molecule has 2 aliphatic rings. The average molecular weight is 451 g/mol. The lowest BCUT2D eigenvalue weighted by atomic mass is 9.87. The molecule has 0 bridgehead atoms. The van der Waals surface area contributed by atoms with Crippen molar-refractivity contribution in [2.45, 2.75) is 24.9 Å². The molecule has 2 aliphatic heterocycles. The van der Waals surface area contributed by atoms with Gasteiger partial charge in [-0.05, 0) is 48.7 Å². The van der Waals surface area contributed by atoms with Crippen LogP contribution in [0.2, 0.25) is 5.02 Å². The number of carbonyl (C=O) groups is 2. The van der Waals surface area contributed by atoms with Gasteiger partial charge in [0.15, 0.2) is 0 Å². The molecule has 2 aromatic carbocycles. The Morgan fingerprint density at radius 3 is 2.26 bits per heavy atom. The molecule has 164 valence electrons. The predicted octanol–water partition coefficient (Wildman–Crippen LogP) is 4.84. The first-order chi connectivity index (χ1) is 14.7. The van der Waals surface area contributed by atoms with Gasteiger partial charge in [-0.2, -0.15) is 13.2 Å². The maximum atomic E-state index is 13.3. The third-order valence-electron chi connectivity index (χ3n) is 6.08. The van der Waals surface area contributed by atoms with Crippen molar-refractivity contribution < 1.29 is 22.8 Å². The number of hydrogen-bond acceptors (Lipinski definition) is 2. The highest BCUT2D eigenvalue weighted by Crippen LogP contribution is 2.38. The Morgan fingerprint density at radius 2 is 1.61 bits per heavy atom. The number of carbonyl (C=O) groups excluding carboxylic acids is 2. The first-order valence-electron chi connectivity index (χ1n) is 10.2. The highest BCUT2D eigenvalue weighted by Gasteiger charge is 2.43. The van der Waals surface area contributed by atoms with E-state index >= 15 is 0 Å². The summed E-state index contributed by atoms with van der Waals surface area (Å²) < 4.78 is 39.8. The summed E-state index contributed by atoms with van der Waals surface area (Å²) in [5.41, 5.74) is 0.111. The van der Waals surface area contributed by atoms with Crippen LogP contribution in [0.25, 0.3) is 0 Å². The minimum Gasteiger partial charge on any atom is -0.342 e.